The molecule has 4 aromatic rings. The van der Waals surface area contributed by atoms with Crippen LogP contribution in [0.5, 0.6) is 11.5 Å². The van der Waals surface area contributed by atoms with Crippen LogP contribution in [0.1, 0.15) is 59.6 Å². The second-order valence-corrected chi connectivity index (χ2v) is 10.4. The molecule has 2 aliphatic rings. The lowest BCUT2D eigenvalue weighted by molar-refractivity contribution is 0.0601. The van der Waals surface area contributed by atoms with Crippen molar-refractivity contribution in [2.24, 2.45) is 5.11 Å². The first-order chi connectivity index (χ1) is 19.7. The van der Waals surface area contributed by atoms with E-state index in [1.165, 1.54) is 31.9 Å². The standard InChI is InChI=1S/C31H31N5O4/c1-38-31(37)21-10-12-25-27(15-21)36-17-23(34-35-32)19-40-28-16-24(39-18-22-9-5-6-14-33-22)11-13-26(28)30(36)29(25)20-7-3-2-4-8-20/h5-6,9-16,20,23H,2-4,7-8,17-19H2,1H3/t23-/m1/s1. The number of fused-ring (bicyclic) bond motifs is 5. The third-order valence-electron chi connectivity index (χ3n) is 7.90. The van der Waals surface area contributed by atoms with E-state index in [0.29, 0.717) is 36.1 Å². The highest BCUT2D eigenvalue weighted by Crippen LogP contribution is 2.47. The molecule has 0 amide bonds. The minimum Gasteiger partial charge on any atom is -0.492 e. The summed E-state index contributed by atoms with van der Waals surface area (Å²) in [6.07, 6.45) is 7.56. The van der Waals surface area contributed by atoms with Gasteiger partial charge >= 0.3 is 5.97 Å². The van der Waals surface area contributed by atoms with Gasteiger partial charge in [-0.1, -0.05) is 36.5 Å². The monoisotopic (exact) mass is 537 g/mol. The SMILES string of the molecule is COC(=O)c1ccc2c(C3CCCCC3)c3n(c2c1)C[C@@H](N=[N+]=[N-])COc1cc(OCc2ccccn2)ccc1-3. The van der Waals surface area contributed by atoms with Gasteiger partial charge < -0.3 is 18.8 Å². The zero-order valence-corrected chi connectivity index (χ0v) is 22.5. The Kier molecular flexibility index (Phi) is 7.29. The zero-order chi connectivity index (χ0) is 27.5. The molecule has 6 rings (SSSR count). The molecule has 0 spiro atoms. The van der Waals surface area contributed by atoms with Crippen molar-refractivity contribution in [2.75, 3.05) is 13.7 Å². The molecule has 0 N–H and O–H groups in total. The van der Waals surface area contributed by atoms with Crippen molar-refractivity contribution >= 4 is 16.9 Å². The highest BCUT2D eigenvalue weighted by atomic mass is 16.5. The number of hydrogen-bond acceptors (Lipinski definition) is 6. The number of aromatic nitrogens is 2. The van der Waals surface area contributed by atoms with Crippen LogP contribution in [0.25, 0.3) is 32.6 Å². The van der Waals surface area contributed by atoms with E-state index in [1.807, 2.05) is 48.5 Å². The Morgan fingerprint density at radius 3 is 2.80 bits per heavy atom. The highest BCUT2D eigenvalue weighted by molar-refractivity contribution is 5.99. The van der Waals surface area contributed by atoms with Crippen LogP contribution in [0.15, 0.2) is 65.9 Å². The number of rotatable bonds is 6. The average Bonchev–Trinajstić information content (AvgIpc) is 3.31. The maximum absolute atomic E-state index is 12.5. The van der Waals surface area contributed by atoms with Crippen LogP contribution < -0.4 is 9.47 Å². The molecule has 0 unspecified atom stereocenters. The molecule has 9 nitrogen and oxygen atoms in total. The smallest absolute Gasteiger partial charge is 0.337 e. The molecule has 40 heavy (non-hydrogen) atoms. The Bertz CT molecular complexity index is 1590. The molecule has 9 heteroatoms. The Hall–Kier alpha value is -4.49. The Morgan fingerprint density at radius 1 is 1.15 bits per heavy atom. The summed E-state index contributed by atoms with van der Waals surface area (Å²) in [5, 5.41) is 5.17. The maximum Gasteiger partial charge on any atom is 0.337 e. The first kappa shape index (κ1) is 25.8. The van der Waals surface area contributed by atoms with E-state index < -0.39 is 6.04 Å². The van der Waals surface area contributed by atoms with Crippen molar-refractivity contribution in [1.82, 2.24) is 9.55 Å². The van der Waals surface area contributed by atoms with Crippen LogP contribution >= 0.6 is 0 Å². The molecule has 0 radical (unpaired) electrons. The van der Waals surface area contributed by atoms with E-state index in [0.717, 1.165) is 40.7 Å². The Balaban J connectivity index is 1.53. The van der Waals surface area contributed by atoms with Crippen LogP contribution in [0.3, 0.4) is 0 Å². The average molecular weight is 538 g/mol. The van der Waals surface area contributed by atoms with Crippen molar-refractivity contribution in [2.45, 2.75) is 57.2 Å². The second-order valence-electron chi connectivity index (χ2n) is 10.4. The summed E-state index contributed by atoms with van der Waals surface area (Å²) in [6.45, 7) is 0.991. The van der Waals surface area contributed by atoms with Gasteiger partial charge in [0.15, 0.2) is 0 Å². The van der Waals surface area contributed by atoms with Gasteiger partial charge in [0.05, 0.1) is 36.7 Å². The summed E-state index contributed by atoms with van der Waals surface area (Å²) in [7, 11) is 1.39. The van der Waals surface area contributed by atoms with Gasteiger partial charge in [-0.3, -0.25) is 4.98 Å². The molecule has 1 aliphatic carbocycles. The number of carbonyl (C=O) groups is 1. The van der Waals surface area contributed by atoms with Crippen LogP contribution in [0, 0.1) is 0 Å². The highest BCUT2D eigenvalue weighted by Gasteiger charge is 2.31. The minimum absolute atomic E-state index is 0.218. The van der Waals surface area contributed by atoms with Gasteiger partial charge in [-0.2, -0.15) is 0 Å². The number of carbonyl (C=O) groups excluding carboxylic acids is 1. The van der Waals surface area contributed by atoms with Gasteiger partial charge in [0.2, 0.25) is 0 Å². The fourth-order valence-electron chi connectivity index (χ4n) is 6.05. The molecule has 1 atom stereocenters. The predicted molar refractivity (Wildman–Crippen MR) is 152 cm³/mol. The van der Waals surface area contributed by atoms with Crippen molar-refractivity contribution in [3.05, 3.63) is 88.1 Å². The van der Waals surface area contributed by atoms with Gasteiger partial charge in [0.25, 0.3) is 0 Å². The van der Waals surface area contributed by atoms with Crippen molar-refractivity contribution in [1.29, 1.82) is 0 Å². The van der Waals surface area contributed by atoms with E-state index in [9.17, 15) is 10.3 Å². The van der Waals surface area contributed by atoms with Crippen LogP contribution in [0.4, 0.5) is 0 Å². The van der Waals surface area contributed by atoms with E-state index in [4.69, 9.17) is 14.2 Å². The lowest BCUT2D eigenvalue weighted by atomic mass is 9.81. The topological polar surface area (TPSA) is 111 Å². The number of ether oxygens (including phenoxy) is 3. The van der Waals surface area contributed by atoms with Crippen LogP contribution in [-0.2, 0) is 17.9 Å². The molecule has 1 saturated carbocycles. The lowest BCUT2D eigenvalue weighted by Gasteiger charge is -2.27. The number of nitrogens with zero attached hydrogens (tertiary/aromatic N) is 5. The fraction of sp³-hybridized carbons (Fsp3) is 0.355. The van der Waals surface area contributed by atoms with Gasteiger partial charge in [-0.15, -0.1) is 0 Å². The molecule has 2 aromatic carbocycles. The van der Waals surface area contributed by atoms with Gasteiger partial charge in [-0.05, 0) is 66.3 Å². The molecule has 2 aromatic heterocycles. The summed E-state index contributed by atoms with van der Waals surface area (Å²) in [6, 6.07) is 17.0. The Morgan fingerprint density at radius 2 is 2.02 bits per heavy atom. The summed E-state index contributed by atoms with van der Waals surface area (Å²) in [5.41, 5.74) is 14.8. The first-order valence-corrected chi connectivity index (χ1v) is 13.7. The summed E-state index contributed by atoms with van der Waals surface area (Å²) in [4.78, 5) is 19.9. The molecular weight excluding hydrogens is 506 g/mol. The quantitative estimate of drug-likeness (QED) is 0.112. The summed E-state index contributed by atoms with van der Waals surface area (Å²) < 4.78 is 19.6. The summed E-state index contributed by atoms with van der Waals surface area (Å²) >= 11 is 0. The fourth-order valence-corrected chi connectivity index (χ4v) is 6.05. The van der Waals surface area contributed by atoms with Gasteiger partial charge in [-0.25, -0.2) is 4.79 Å². The molecule has 0 saturated heterocycles. The molecule has 1 aliphatic heterocycles. The van der Waals surface area contributed by atoms with E-state index in [-0.39, 0.29) is 12.6 Å². The van der Waals surface area contributed by atoms with Crippen molar-refractivity contribution in [3.8, 4) is 22.8 Å². The van der Waals surface area contributed by atoms with Crippen LogP contribution in [0.2, 0.25) is 0 Å². The number of esters is 1. The zero-order valence-electron chi connectivity index (χ0n) is 22.5. The number of methoxy groups -OCH3 is 1. The molecule has 204 valence electrons. The second kappa shape index (κ2) is 11.3. The number of benzene rings is 2. The van der Waals surface area contributed by atoms with Crippen molar-refractivity contribution in [3.63, 3.8) is 0 Å². The largest absolute Gasteiger partial charge is 0.492 e. The normalized spacial score (nSPS) is 17.0. The number of hydrogen-bond donors (Lipinski definition) is 0. The third kappa shape index (κ3) is 4.96. The van der Waals surface area contributed by atoms with Gasteiger partial charge in [0, 0.05) is 40.2 Å². The Labute approximate surface area is 232 Å². The molecular formula is C31H31N5O4. The molecule has 0 bridgehead atoms. The van der Waals surface area contributed by atoms with Gasteiger partial charge in [0.1, 0.15) is 18.1 Å². The first-order valence-electron chi connectivity index (χ1n) is 13.7. The number of azide groups is 1. The number of pyridine rings is 1. The van der Waals surface area contributed by atoms with E-state index in [2.05, 4.69) is 25.6 Å². The molecule has 1 fully saturated rings. The minimum atomic E-state index is -0.438. The predicted octanol–water partition coefficient (Wildman–Crippen LogP) is 7.19. The lowest BCUT2D eigenvalue weighted by Crippen LogP contribution is -2.24. The van der Waals surface area contributed by atoms with Crippen molar-refractivity contribution < 1.29 is 19.0 Å². The third-order valence-corrected chi connectivity index (χ3v) is 7.90. The van der Waals surface area contributed by atoms with E-state index >= 15 is 0 Å². The molecule has 3 heterocycles. The maximum atomic E-state index is 12.5. The summed E-state index contributed by atoms with van der Waals surface area (Å²) in [5.74, 6) is 1.33. The van der Waals surface area contributed by atoms with E-state index in [1.54, 1.807) is 6.20 Å². The van der Waals surface area contributed by atoms with Crippen LogP contribution in [-0.4, -0.2) is 35.3 Å².